The SMILES string of the molecule is CC(C)(CCCCNC(=O)CO)CN(CC(O)[C@H](Cc1ccccc1)NC(=O)OC1COC2OCCC12)S(=O)(=O)c1ccc2c(c1)OCO2. The van der Waals surface area contributed by atoms with E-state index >= 15 is 0 Å². The highest BCUT2D eigenvalue weighted by Crippen LogP contribution is 2.36. The lowest BCUT2D eigenvalue weighted by atomic mass is 9.87. The number of alkyl carbamates (subject to hydrolysis) is 1. The Bertz CT molecular complexity index is 1520. The van der Waals surface area contributed by atoms with E-state index in [0.717, 1.165) is 5.56 Å². The molecule has 0 spiro atoms. The summed E-state index contributed by atoms with van der Waals surface area (Å²) in [5.41, 5.74) is 0.285. The number of carbonyl (C=O) groups is 2. The van der Waals surface area contributed by atoms with Crippen LogP contribution in [0.25, 0.3) is 0 Å². The Morgan fingerprint density at radius 1 is 1.08 bits per heavy atom. The first-order chi connectivity index (χ1) is 23.4. The fourth-order valence-corrected chi connectivity index (χ4v) is 8.02. The van der Waals surface area contributed by atoms with E-state index in [-0.39, 0.29) is 43.7 Å². The van der Waals surface area contributed by atoms with Crippen molar-refractivity contribution in [1.29, 1.82) is 0 Å². The number of unbranched alkanes of at least 4 members (excludes halogenated alkanes) is 1. The average molecular weight is 706 g/mol. The molecule has 2 saturated heterocycles. The van der Waals surface area contributed by atoms with Crippen molar-refractivity contribution in [3.8, 4) is 11.5 Å². The predicted molar refractivity (Wildman–Crippen MR) is 176 cm³/mol. The van der Waals surface area contributed by atoms with Crippen molar-refractivity contribution in [2.75, 3.05) is 46.2 Å². The second kappa shape index (κ2) is 16.5. The zero-order valence-electron chi connectivity index (χ0n) is 27.9. The van der Waals surface area contributed by atoms with Gasteiger partial charge in [0.05, 0.1) is 36.2 Å². The van der Waals surface area contributed by atoms with Crippen LogP contribution in [0.3, 0.4) is 0 Å². The molecule has 2 aromatic carbocycles. The topological polar surface area (TPSA) is 182 Å². The summed E-state index contributed by atoms with van der Waals surface area (Å²) in [5.74, 6) is 0.222. The van der Waals surface area contributed by atoms with Crippen LogP contribution in [0, 0.1) is 11.3 Å². The molecule has 270 valence electrons. The molecule has 14 nitrogen and oxygen atoms in total. The maximum absolute atomic E-state index is 14.3. The number of aliphatic hydroxyl groups is 2. The number of nitrogens with one attached hydrogen (secondary N) is 2. The first-order valence-corrected chi connectivity index (χ1v) is 18.1. The van der Waals surface area contributed by atoms with E-state index in [0.29, 0.717) is 50.3 Å². The van der Waals surface area contributed by atoms with Crippen LogP contribution in [0.15, 0.2) is 53.4 Å². The molecule has 3 aliphatic heterocycles. The van der Waals surface area contributed by atoms with Crippen LogP contribution < -0.4 is 20.1 Å². The first kappa shape index (κ1) is 36.8. The number of hydrogen-bond acceptors (Lipinski definition) is 11. The van der Waals surface area contributed by atoms with E-state index in [1.54, 1.807) is 0 Å². The van der Waals surface area contributed by atoms with Crippen molar-refractivity contribution in [3.05, 3.63) is 54.1 Å². The van der Waals surface area contributed by atoms with E-state index in [9.17, 15) is 23.1 Å². The molecule has 5 atom stereocenters. The zero-order valence-corrected chi connectivity index (χ0v) is 28.7. The minimum Gasteiger partial charge on any atom is -0.454 e. The average Bonchev–Trinajstić information content (AvgIpc) is 3.83. The summed E-state index contributed by atoms with van der Waals surface area (Å²) in [5, 5.41) is 26.1. The molecule has 3 heterocycles. The molecule has 15 heteroatoms. The molecular weight excluding hydrogens is 658 g/mol. The van der Waals surface area contributed by atoms with Gasteiger partial charge in [-0.15, -0.1) is 0 Å². The molecule has 0 aliphatic carbocycles. The maximum atomic E-state index is 14.3. The van der Waals surface area contributed by atoms with Crippen molar-refractivity contribution in [3.63, 3.8) is 0 Å². The van der Waals surface area contributed by atoms with Gasteiger partial charge in [0, 0.05) is 25.7 Å². The van der Waals surface area contributed by atoms with Gasteiger partial charge in [-0.1, -0.05) is 50.6 Å². The quantitative estimate of drug-likeness (QED) is 0.177. The lowest BCUT2D eigenvalue weighted by molar-refractivity contribution is -0.123. The van der Waals surface area contributed by atoms with Crippen molar-refractivity contribution in [1.82, 2.24) is 14.9 Å². The summed E-state index contributed by atoms with van der Waals surface area (Å²) in [6, 6.07) is 12.8. The van der Waals surface area contributed by atoms with Crippen molar-refractivity contribution in [2.24, 2.45) is 11.3 Å². The third kappa shape index (κ3) is 9.83. The molecule has 2 aromatic rings. The highest BCUT2D eigenvalue weighted by atomic mass is 32.2. The number of rotatable bonds is 17. The molecule has 2 fully saturated rings. The van der Waals surface area contributed by atoms with Gasteiger partial charge in [0.2, 0.25) is 22.7 Å². The Morgan fingerprint density at radius 3 is 2.63 bits per heavy atom. The minimum absolute atomic E-state index is 0.0165. The van der Waals surface area contributed by atoms with Gasteiger partial charge in [0.25, 0.3) is 0 Å². The van der Waals surface area contributed by atoms with Crippen LogP contribution >= 0.6 is 0 Å². The second-order valence-corrected chi connectivity index (χ2v) is 15.4. The summed E-state index contributed by atoms with van der Waals surface area (Å²) in [7, 11) is -4.19. The number of ether oxygens (including phenoxy) is 5. The number of benzene rings is 2. The first-order valence-electron chi connectivity index (χ1n) is 16.6. The largest absolute Gasteiger partial charge is 0.454 e. The third-order valence-electron chi connectivity index (χ3n) is 9.03. The number of hydrogen-bond donors (Lipinski definition) is 4. The number of aliphatic hydroxyl groups excluding tert-OH is 2. The Hall–Kier alpha value is -3.47. The fraction of sp³-hybridized carbons (Fsp3) is 0.588. The van der Waals surface area contributed by atoms with Crippen LogP contribution in [-0.4, -0.2) is 106 Å². The van der Waals surface area contributed by atoms with Gasteiger partial charge in [-0.05, 0) is 48.8 Å². The molecule has 0 radical (unpaired) electrons. The summed E-state index contributed by atoms with van der Waals surface area (Å²) in [6.45, 7) is 4.13. The zero-order chi connectivity index (χ0) is 35.0. The summed E-state index contributed by atoms with van der Waals surface area (Å²) in [6.07, 6.45) is -0.114. The van der Waals surface area contributed by atoms with Gasteiger partial charge in [-0.2, -0.15) is 4.31 Å². The van der Waals surface area contributed by atoms with Gasteiger partial charge >= 0.3 is 6.09 Å². The van der Waals surface area contributed by atoms with Gasteiger partial charge in [-0.3, -0.25) is 4.79 Å². The van der Waals surface area contributed by atoms with Gasteiger partial charge in [-0.25, -0.2) is 13.2 Å². The smallest absolute Gasteiger partial charge is 0.407 e. The third-order valence-corrected chi connectivity index (χ3v) is 10.8. The molecule has 3 aliphatic rings. The molecule has 4 unspecified atom stereocenters. The summed E-state index contributed by atoms with van der Waals surface area (Å²) in [4.78, 5) is 24.6. The number of nitrogens with zero attached hydrogens (tertiary/aromatic N) is 1. The highest BCUT2D eigenvalue weighted by molar-refractivity contribution is 7.89. The van der Waals surface area contributed by atoms with Crippen molar-refractivity contribution < 1.29 is 51.9 Å². The van der Waals surface area contributed by atoms with Gasteiger partial charge in [0.1, 0.15) is 12.7 Å². The molecule has 5 rings (SSSR count). The molecule has 0 aromatic heterocycles. The molecule has 0 bridgehead atoms. The Kier molecular flexibility index (Phi) is 12.4. The molecular formula is C34H47N3O11S. The monoisotopic (exact) mass is 705 g/mol. The molecule has 4 N–H and O–H groups in total. The number of carbonyl (C=O) groups excluding carboxylic acids is 2. The number of sulfonamides is 1. The molecule has 2 amide bonds. The number of amides is 2. The van der Waals surface area contributed by atoms with Crippen molar-refractivity contribution in [2.45, 2.75) is 75.4 Å². The van der Waals surface area contributed by atoms with E-state index in [1.165, 1.54) is 22.5 Å². The predicted octanol–water partition coefficient (Wildman–Crippen LogP) is 2.17. The standard InChI is InChI=1S/C34H47N3O11S/c1-34(2,13-6-7-14-35-31(40)19-38)21-37(49(42,43)24-10-11-28-29(17-24)47-22-46-28)18-27(39)26(16-23-8-4-3-5-9-23)36-33(41)48-30-20-45-32-25(30)12-15-44-32/h3-5,8-11,17,25-27,30,32,38-39H,6-7,12-16,18-22H2,1-2H3,(H,35,40)(H,36,41)/t25?,26-,27?,30?,32?/m0/s1. The number of fused-ring (bicyclic) bond motifs is 2. The van der Waals surface area contributed by atoms with E-state index in [2.05, 4.69) is 10.6 Å². The highest BCUT2D eigenvalue weighted by Gasteiger charge is 2.44. The lowest BCUT2D eigenvalue weighted by Gasteiger charge is -2.35. The fourth-order valence-electron chi connectivity index (χ4n) is 6.36. The molecule has 0 saturated carbocycles. The van der Waals surface area contributed by atoms with E-state index < -0.39 is 58.6 Å². The Balaban J connectivity index is 1.34. The van der Waals surface area contributed by atoms with Crippen LogP contribution in [0.1, 0.15) is 45.1 Å². The van der Waals surface area contributed by atoms with E-state index in [1.807, 2.05) is 44.2 Å². The summed E-state index contributed by atoms with van der Waals surface area (Å²) < 4.78 is 57.5. The van der Waals surface area contributed by atoms with E-state index in [4.69, 9.17) is 28.8 Å². The van der Waals surface area contributed by atoms with Crippen LogP contribution in [-0.2, 0) is 35.4 Å². The van der Waals surface area contributed by atoms with Crippen LogP contribution in [0.4, 0.5) is 4.79 Å². The minimum atomic E-state index is -4.19. The lowest BCUT2D eigenvalue weighted by Crippen LogP contribution is -2.52. The van der Waals surface area contributed by atoms with Gasteiger partial charge < -0.3 is 44.5 Å². The Labute approximate surface area is 287 Å². The normalized spacial score (nSPS) is 21.3. The summed E-state index contributed by atoms with van der Waals surface area (Å²) >= 11 is 0. The maximum Gasteiger partial charge on any atom is 0.407 e. The second-order valence-electron chi connectivity index (χ2n) is 13.4. The van der Waals surface area contributed by atoms with Crippen LogP contribution in [0.2, 0.25) is 0 Å². The van der Waals surface area contributed by atoms with Crippen molar-refractivity contribution >= 4 is 22.0 Å². The Morgan fingerprint density at radius 2 is 1.86 bits per heavy atom. The molecule has 49 heavy (non-hydrogen) atoms. The van der Waals surface area contributed by atoms with Gasteiger partial charge in [0.15, 0.2) is 17.8 Å². The van der Waals surface area contributed by atoms with Crippen LogP contribution in [0.5, 0.6) is 11.5 Å².